The minimum Gasteiger partial charge on any atom is -0.392 e. The summed E-state index contributed by atoms with van der Waals surface area (Å²) >= 11 is 0. The minimum atomic E-state index is -0.123. The minimum absolute atomic E-state index is 0.0550. The van der Waals surface area contributed by atoms with E-state index in [0.29, 0.717) is 28.8 Å². The number of benzene rings is 2. The summed E-state index contributed by atoms with van der Waals surface area (Å²) in [5.41, 5.74) is 3.85. The number of hydrogen-bond donors (Lipinski definition) is 2. The molecule has 2 N–H and O–H groups in total. The first-order chi connectivity index (χ1) is 15.5. The molecule has 0 bridgehead atoms. The normalized spacial score (nSPS) is 14.4. The van der Waals surface area contributed by atoms with E-state index in [9.17, 15) is 9.90 Å². The predicted molar refractivity (Wildman–Crippen MR) is 125 cm³/mol. The highest BCUT2D eigenvalue weighted by molar-refractivity contribution is 5.81. The Kier molecular flexibility index (Phi) is 6.35. The van der Waals surface area contributed by atoms with E-state index < -0.39 is 0 Å². The summed E-state index contributed by atoms with van der Waals surface area (Å²) in [4.78, 5) is 20.8. The number of aliphatic hydroxyl groups excluding tert-OH is 1. The molecule has 3 aromatic rings. The molecule has 0 amide bonds. The fourth-order valence-corrected chi connectivity index (χ4v) is 4.19. The number of rotatable bonds is 5. The Labute approximate surface area is 187 Å². The molecule has 0 aliphatic carbocycles. The van der Waals surface area contributed by atoms with Crippen LogP contribution in [-0.2, 0) is 13.7 Å². The Morgan fingerprint density at radius 3 is 2.28 bits per heavy atom. The van der Waals surface area contributed by atoms with Crippen molar-refractivity contribution in [2.24, 2.45) is 7.05 Å². The van der Waals surface area contributed by atoms with Gasteiger partial charge in [0, 0.05) is 31.7 Å². The summed E-state index contributed by atoms with van der Waals surface area (Å²) in [6.07, 6.45) is 1.98. The highest BCUT2D eigenvalue weighted by atomic mass is 16.3. The maximum absolute atomic E-state index is 13.6. The number of nitrogens with one attached hydrogen (secondary N) is 1. The highest BCUT2D eigenvalue weighted by Crippen LogP contribution is 2.31. The smallest absolute Gasteiger partial charge is 0.263 e. The number of aliphatic hydroxyl groups is 1. The first kappa shape index (κ1) is 21.8. The van der Waals surface area contributed by atoms with Gasteiger partial charge in [-0.25, -0.2) is 4.98 Å². The molecular weight excluding hydrogens is 402 g/mol. The van der Waals surface area contributed by atoms with Crippen LogP contribution in [0.15, 0.2) is 53.3 Å². The van der Waals surface area contributed by atoms with Gasteiger partial charge in [0.05, 0.1) is 29.5 Å². The molecule has 32 heavy (non-hydrogen) atoms. The van der Waals surface area contributed by atoms with Crippen molar-refractivity contribution in [3.8, 4) is 28.5 Å². The molecule has 0 radical (unpaired) electrons. The number of aromatic nitrogens is 2. The van der Waals surface area contributed by atoms with Gasteiger partial charge in [-0.1, -0.05) is 36.4 Å². The summed E-state index contributed by atoms with van der Waals surface area (Å²) in [6, 6.07) is 17.1. The lowest BCUT2D eigenvalue weighted by Crippen LogP contribution is -2.43. The van der Waals surface area contributed by atoms with Crippen LogP contribution < -0.4 is 15.8 Å². The average Bonchev–Trinajstić information content (AvgIpc) is 2.86. The van der Waals surface area contributed by atoms with Gasteiger partial charge in [0.25, 0.3) is 5.56 Å². The Morgan fingerprint density at radius 1 is 1.09 bits per heavy atom. The summed E-state index contributed by atoms with van der Waals surface area (Å²) in [7, 11) is 3.75. The van der Waals surface area contributed by atoms with Crippen molar-refractivity contribution >= 4 is 5.95 Å². The van der Waals surface area contributed by atoms with E-state index in [1.807, 2.05) is 43.4 Å². The monoisotopic (exact) mass is 429 g/mol. The molecular formula is C25H27N5O2. The van der Waals surface area contributed by atoms with Crippen molar-refractivity contribution in [3.63, 3.8) is 0 Å². The van der Waals surface area contributed by atoms with Crippen molar-refractivity contribution in [2.75, 3.05) is 25.0 Å². The van der Waals surface area contributed by atoms with E-state index in [1.165, 1.54) is 0 Å². The molecule has 0 unspecified atom stereocenters. The first-order valence-corrected chi connectivity index (χ1v) is 10.8. The summed E-state index contributed by atoms with van der Waals surface area (Å²) in [5, 5.41) is 21.9. The summed E-state index contributed by atoms with van der Waals surface area (Å²) in [5.74, 6) is 0.652. The zero-order chi connectivity index (χ0) is 22.7. The fourth-order valence-electron chi connectivity index (χ4n) is 4.19. The Hall–Kier alpha value is -3.47. The van der Waals surface area contributed by atoms with Crippen molar-refractivity contribution in [3.05, 3.63) is 70.0 Å². The lowest BCUT2D eigenvalue weighted by molar-refractivity contribution is 0.282. The van der Waals surface area contributed by atoms with Crippen LogP contribution >= 0.6 is 0 Å². The zero-order valence-corrected chi connectivity index (χ0v) is 18.4. The SMILES string of the molecule is CNC1CCN(c2nc(-c3ccc(C#N)cc3)c(-c3ccc(CO)cc3)c(=O)n2C)CC1. The van der Waals surface area contributed by atoms with Gasteiger partial charge >= 0.3 is 0 Å². The number of hydrogen-bond acceptors (Lipinski definition) is 6. The standard InChI is InChI=1S/C25H27N5O2/c1-27-21-11-13-30(14-12-21)25-28-23(20-9-3-17(15-26)4-10-20)22(24(32)29(25)2)19-7-5-18(16-31)6-8-19/h3-10,21,27,31H,11-14,16H2,1-2H3. The van der Waals surface area contributed by atoms with Crippen LogP contribution in [0.2, 0.25) is 0 Å². The van der Waals surface area contributed by atoms with E-state index in [0.717, 1.165) is 42.6 Å². The van der Waals surface area contributed by atoms with Crippen molar-refractivity contribution < 1.29 is 5.11 Å². The Balaban J connectivity index is 1.87. The van der Waals surface area contributed by atoms with Crippen LogP contribution in [0.3, 0.4) is 0 Å². The van der Waals surface area contributed by atoms with Crippen LogP contribution in [0.1, 0.15) is 24.0 Å². The average molecular weight is 430 g/mol. The molecule has 2 aromatic carbocycles. The number of nitriles is 1. The van der Waals surface area contributed by atoms with Gasteiger partial charge in [-0.2, -0.15) is 5.26 Å². The molecule has 1 aliphatic heterocycles. The molecule has 1 aromatic heterocycles. The van der Waals surface area contributed by atoms with Gasteiger partial charge in [-0.3, -0.25) is 9.36 Å². The third-order valence-corrected chi connectivity index (χ3v) is 6.17. The largest absolute Gasteiger partial charge is 0.392 e. The lowest BCUT2D eigenvalue weighted by atomic mass is 9.98. The molecule has 1 saturated heterocycles. The van der Waals surface area contributed by atoms with Gasteiger partial charge in [0.15, 0.2) is 0 Å². The predicted octanol–water partition coefficient (Wildman–Crippen LogP) is 2.67. The maximum Gasteiger partial charge on any atom is 0.263 e. The van der Waals surface area contributed by atoms with Crippen molar-refractivity contribution in [2.45, 2.75) is 25.5 Å². The highest BCUT2D eigenvalue weighted by Gasteiger charge is 2.24. The Bertz CT molecular complexity index is 1190. The van der Waals surface area contributed by atoms with E-state index in [4.69, 9.17) is 10.2 Å². The molecule has 4 rings (SSSR count). The van der Waals surface area contributed by atoms with Gasteiger partial charge < -0.3 is 15.3 Å². The second-order valence-corrected chi connectivity index (χ2v) is 8.09. The summed E-state index contributed by atoms with van der Waals surface area (Å²) < 4.78 is 1.63. The molecule has 7 nitrogen and oxygen atoms in total. The number of nitrogens with zero attached hydrogens (tertiary/aromatic N) is 4. The molecule has 7 heteroatoms. The summed E-state index contributed by atoms with van der Waals surface area (Å²) in [6.45, 7) is 1.59. The quantitative estimate of drug-likeness (QED) is 0.648. The molecule has 0 atom stereocenters. The number of piperidine rings is 1. The van der Waals surface area contributed by atoms with Crippen LogP contribution in [0.4, 0.5) is 5.95 Å². The van der Waals surface area contributed by atoms with Gasteiger partial charge in [-0.05, 0) is 43.1 Å². The van der Waals surface area contributed by atoms with Gasteiger partial charge in [-0.15, -0.1) is 0 Å². The molecule has 0 spiro atoms. The first-order valence-electron chi connectivity index (χ1n) is 10.8. The van der Waals surface area contributed by atoms with Crippen molar-refractivity contribution in [1.82, 2.24) is 14.9 Å². The van der Waals surface area contributed by atoms with E-state index >= 15 is 0 Å². The van der Waals surface area contributed by atoms with Crippen LogP contribution in [0, 0.1) is 11.3 Å². The molecule has 2 heterocycles. The van der Waals surface area contributed by atoms with Gasteiger partial charge in [0.1, 0.15) is 0 Å². The van der Waals surface area contributed by atoms with E-state index in [2.05, 4.69) is 16.3 Å². The zero-order valence-electron chi connectivity index (χ0n) is 18.4. The number of anilines is 1. The van der Waals surface area contributed by atoms with Crippen LogP contribution in [-0.4, -0.2) is 40.8 Å². The van der Waals surface area contributed by atoms with Crippen LogP contribution in [0.25, 0.3) is 22.4 Å². The maximum atomic E-state index is 13.6. The van der Waals surface area contributed by atoms with E-state index in [-0.39, 0.29) is 12.2 Å². The van der Waals surface area contributed by atoms with E-state index in [1.54, 1.807) is 23.7 Å². The molecule has 164 valence electrons. The fraction of sp³-hybridized carbons (Fsp3) is 0.320. The van der Waals surface area contributed by atoms with Crippen molar-refractivity contribution in [1.29, 1.82) is 5.26 Å². The van der Waals surface area contributed by atoms with Crippen LogP contribution in [0.5, 0.6) is 0 Å². The second kappa shape index (κ2) is 9.35. The van der Waals surface area contributed by atoms with Gasteiger partial charge in [0.2, 0.25) is 5.95 Å². The molecule has 1 aliphatic rings. The molecule has 0 saturated carbocycles. The second-order valence-electron chi connectivity index (χ2n) is 8.09. The molecule has 1 fully saturated rings. The Morgan fingerprint density at radius 2 is 1.72 bits per heavy atom. The third kappa shape index (κ3) is 4.15. The third-order valence-electron chi connectivity index (χ3n) is 6.17. The topological polar surface area (TPSA) is 94.2 Å². The lowest BCUT2D eigenvalue weighted by Gasteiger charge is -2.33.